The van der Waals surface area contributed by atoms with Crippen LogP contribution in [0, 0.1) is 6.92 Å². The van der Waals surface area contributed by atoms with Crippen molar-refractivity contribution in [2.75, 3.05) is 12.3 Å². The van der Waals surface area contributed by atoms with Crippen LogP contribution >= 0.6 is 35.0 Å². The molecule has 0 saturated carbocycles. The van der Waals surface area contributed by atoms with Crippen molar-refractivity contribution in [2.24, 2.45) is 0 Å². The molecule has 0 fully saturated rings. The first-order valence-corrected chi connectivity index (χ1v) is 11.3. The normalized spacial score (nSPS) is 11.8. The molecule has 0 heterocycles. The van der Waals surface area contributed by atoms with Crippen LogP contribution in [0.4, 0.5) is 0 Å². The Morgan fingerprint density at radius 2 is 1.76 bits per heavy atom. The highest BCUT2D eigenvalue weighted by Gasteiger charge is 2.28. The highest BCUT2D eigenvalue weighted by molar-refractivity contribution is 8.00. The van der Waals surface area contributed by atoms with Crippen molar-refractivity contribution in [3.05, 3.63) is 63.6 Å². The SMILES string of the molecule is CCNC(=O)[C@H](CC)N(Cc1ccc(Cl)c(Cl)c1)C(=O)CSc1ccc(C)cc1. The molecule has 0 saturated heterocycles. The zero-order valence-corrected chi connectivity index (χ0v) is 19.2. The van der Waals surface area contributed by atoms with Gasteiger partial charge in [0.1, 0.15) is 6.04 Å². The molecule has 2 aromatic carbocycles. The van der Waals surface area contributed by atoms with Crippen LogP contribution in [0.2, 0.25) is 10.0 Å². The number of nitrogens with zero attached hydrogens (tertiary/aromatic N) is 1. The lowest BCUT2D eigenvalue weighted by molar-refractivity contribution is -0.139. The van der Waals surface area contributed by atoms with Crippen molar-refractivity contribution in [2.45, 2.75) is 44.7 Å². The Hall–Kier alpha value is -1.69. The maximum atomic E-state index is 13.1. The van der Waals surface area contributed by atoms with Gasteiger partial charge in [0.05, 0.1) is 15.8 Å². The molecule has 0 aliphatic carbocycles. The molecule has 2 aromatic rings. The lowest BCUT2D eigenvalue weighted by Crippen LogP contribution is -2.49. The third kappa shape index (κ3) is 6.95. The summed E-state index contributed by atoms with van der Waals surface area (Å²) in [6.45, 7) is 6.60. The molecule has 7 heteroatoms. The number of halogens is 2. The van der Waals surface area contributed by atoms with Crippen LogP contribution in [0.25, 0.3) is 0 Å². The highest BCUT2D eigenvalue weighted by atomic mass is 35.5. The fourth-order valence-electron chi connectivity index (χ4n) is 2.91. The average molecular weight is 453 g/mol. The first-order valence-electron chi connectivity index (χ1n) is 9.56. The molecule has 0 radical (unpaired) electrons. The first-order chi connectivity index (χ1) is 13.8. The number of benzene rings is 2. The number of carbonyl (C=O) groups is 2. The van der Waals surface area contributed by atoms with Crippen molar-refractivity contribution in [3.8, 4) is 0 Å². The third-order valence-corrected chi connectivity index (χ3v) is 6.19. The molecule has 0 aliphatic rings. The predicted molar refractivity (Wildman–Crippen MR) is 122 cm³/mol. The Morgan fingerprint density at radius 1 is 1.07 bits per heavy atom. The Labute approximate surface area is 187 Å². The molecular formula is C22H26Cl2N2O2S. The minimum absolute atomic E-state index is 0.0975. The van der Waals surface area contributed by atoms with E-state index in [-0.39, 0.29) is 17.6 Å². The van der Waals surface area contributed by atoms with Crippen LogP contribution in [-0.2, 0) is 16.1 Å². The average Bonchev–Trinajstić information content (AvgIpc) is 2.70. The molecule has 4 nitrogen and oxygen atoms in total. The van der Waals surface area contributed by atoms with Gasteiger partial charge in [0.15, 0.2) is 0 Å². The Bertz CT molecular complexity index is 843. The van der Waals surface area contributed by atoms with Gasteiger partial charge in [-0.1, -0.05) is 53.9 Å². The van der Waals surface area contributed by atoms with E-state index in [0.29, 0.717) is 29.6 Å². The number of likely N-dealkylation sites (N-methyl/N-ethyl adjacent to an activating group) is 1. The number of thioether (sulfide) groups is 1. The van der Waals surface area contributed by atoms with E-state index in [1.165, 1.54) is 17.3 Å². The van der Waals surface area contributed by atoms with Gasteiger partial charge < -0.3 is 10.2 Å². The summed E-state index contributed by atoms with van der Waals surface area (Å²) in [6, 6.07) is 12.8. The van der Waals surface area contributed by atoms with Crippen molar-refractivity contribution in [3.63, 3.8) is 0 Å². The fourth-order valence-corrected chi connectivity index (χ4v) is 4.01. The number of carbonyl (C=O) groups excluding carboxylic acids is 2. The van der Waals surface area contributed by atoms with Crippen LogP contribution < -0.4 is 5.32 Å². The van der Waals surface area contributed by atoms with Crippen molar-refractivity contribution in [1.29, 1.82) is 0 Å². The number of aryl methyl sites for hydroxylation is 1. The number of rotatable bonds is 9. The van der Waals surface area contributed by atoms with Gasteiger partial charge in [-0.3, -0.25) is 9.59 Å². The van der Waals surface area contributed by atoms with E-state index in [1.807, 2.05) is 51.1 Å². The second-order valence-corrected chi connectivity index (χ2v) is 8.55. The van der Waals surface area contributed by atoms with Gasteiger partial charge in [-0.15, -0.1) is 11.8 Å². The van der Waals surface area contributed by atoms with E-state index in [0.717, 1.165) is 10.5 Å². The van der Waals surface area contributed by atoms with Gasteiger partial charge in [0.25, 0.3) is 0 Å². The first kappa shape index (κ1) is 23.6. The summed E-state index contributed by atoms with van der Waals surface area (Å²) < 4.78 is 0. The quantitative estimate of drug-likeness (QED) is 0.522. The number of hydrogen-bond acceptors (Lipinski definition) is 3. The lowest BCUT2D eigenvalue weighted by atomic mass is 10.1. The zero-order chi connectivity index (χ0) is 21.4. The van der Waals surface area contributed by atoms with E-state index in [2.05, 4.69) is 5.32 Å². The molecule has 29 heavy (non-hydrogen) atoms. The minimum Gasteiger partial charge on any atom is -0.355 e. The second-order valence-electron chi connectivity index (χ2n) is 6.69. The monoisotopic (exact) mass is 452 g/mol. The van der Waals surface area contributed by atoms with Gasteiger partial charge in [-0.05, 0) is 50.1 Å². The summed E-state index contributed by atoms with van der Waals surface area (Å²) in [5.41, 5.74) is 2.00. The summed E-state index contributed by atoms with van der Waals surface area (Å²) in [6.07, 6.45) is 0.522. The van der Waals surface area contributed by atoms with E-state index >= 15 is 0 Å². The maximum absolute atomic E-state index is 13.1. The van der Waals surface area contributed by atoms with Crippen LogP contribution in [0.15, 0.2) is 47.4 Å². The van der Waals surface area contributed by atoms with E-state index in [4.69, 9.17) is 23.2 Å². The van der Waals surface area contributed by atoms with Crippen LogP contribution in [-0.4, -0.2) is 35.1 Å². The second kappa shape index (κ2) is 11.5. The summed E-state index contributed by atoms with van der Waals surface area (Å²) >= 11 is 13.6. The molecule has 2 rings (SSSR count). The van der Waals surface area contributed by atoms with Crippen LogP contribution in [0.5, 0.6) is 0 Å². The smallest absolute Gasteiger partial charge is 0.242 e. The van der Waals surface area contributed by atoms with Crippen LogP contribution in [0.3, 0.4) is 0 Å². The van der Waals surface area contributed by atoms with E-state index < -0.39 is 6.04 Å². The van der Waals surface area contributed by atoms with Gasteiger partial charge in [-0.2, -0.15) is 0 Å². The Kier molecular flexibility index (Phi) is 9.34. The third-order valence-electron chi connectivity index (χ3n) is 4.46. The standard InChI is InChI=1S/C22H26Cl2N2O2S/c1-4-20(22(28)25-5-2)26(13-16-8-11-18(23)19(24)12-16)21(27)14-29-17-9-6-15(3)7-10-17/h6-12,20H,4-5,13-14H2,1-3H3,(H,25,28)/t20-/m0/s1. The summed E-state index contributed by atoms with van der Waals surface area (Å²) in [7, 11) is 0. The maximum Gasteiger partial charge on any atom is 0.242 e. The molecule has 0 unspecified atom stereocenters. The molecule has 0 aliphatic heterocycles. The molecular weight excluding hydrogens is 427 g/mol. The molecule has 0 spiro atoms. The van der Waals surface area contributed by atoms with E-state index in [1.54, 1.807) is 17.0 Å². The molecule has 2 amide bonds. The fraction of sp³-hybridized carbons (Fsp3) is 0.364. The molecule has 1 atom stereocenters. The van der Waals surface area contributed by atoms with Gasteiger partial charge in [0, 0.05) is 18.0 Å². The molecule has 0 aromatic heterocycles. The summed E-state index contributed by atoms with van der Waals surface area (Å²) in [5.74, 6) is 0.00352. The number of nitrogens with one attached hydrogen (secondary N) is 1. The predicted octanol–water partition coefficient (Wildman–Crippen LogP) is 5.34. The Morgan fingerprint density at radius 3 is 2.34 bits per heavy atom. The molecule has 0 bridgehead atoms. The number of hydrogen-bond donors (Lipinski definition) is 1. The van der Waals surface area contributed by atoms with Gasteiger partial charge in [-0.25, -0.2) is 0 Å². The summed E-state index contributed by atoms with van der Waals surface area (Å²) in [5, 5.41) is 3.72. The van der Waals surface area contributed by atoms with E-state index in [9.17, 15) is 9.59 Å². The Balaban J connectivity index is 2.21. The van der Waals surface area contributed by atoms with Crippen molar-refractivity contribution < 1.29 is 9.59 Å². The minimum atomic E-state index is -0.546. The van der Waals surface area contributed by atoms with Gasteiger partial charge >= 0.3 is 0 Å². The largest absolute Gasteiger partial charge is 0.355 e. The summed E-state index contributed by atoms with van der Waals surface area (Å²) in [4.78, 5) is 28.3. The number of amides is 2. The highest BCUT2D eigenvalue weighted by Crippen LogP contribution is 2.25. The van der Waals surface area contributed by atoms with Crippen molar-refractivity contribution >= 4 is 46.8 Å². The van der Waals surface area contributed by atoms with Gasteiger partial charge in [0.2, 0.25) is 11.8 Å². The topological polar surface area (TPSA) is 49.4 Å². The van der Waals surface area contributed by atoms with Crippen LogP contribution in [0.1, 0.15) is 31.4 Å². The van der Waals surface area contributed by atoms with Crippen molar-refractivity contribution in [1.82, 2.24) is 10.2 Å². The lowest BCUT2D eigenvalue weighted by Gasteiger charge is -2.30. The zero-order valence-electron chi connectivity index (χ0n) is 16.9. The molecule has 156 valence electrons. The molecule has 1 N–H and O–H groups in total.